The number of carbonyl (C=O) groups is 3. The van der Waals surface area contributed by atoms with Crippen molar-refractivity contribution in [1.82, 2.24) is 0 Å². The van der Waals surface area contributed by atoms with Gasteiger partial charge in [-0.2, -0.15) is 0 Å². The van der Waals surface area contributed by atoms with Crippen LogP contribution in [0.15, 0.2) is 18.2 Å². The fourth-order valence-corrected chi connectivity index (χ4v) is 2.34. The molecule has 0 aliphatic heterocycles. The van der Waals surface area contributed by atoms with E-state index in [-0.39, 0.29) is 36.3 Å². The van der Waals surface area contributed by atoms with E-state index in [0.29, 0.717) is 5.56 Å². The molecule has 1 atom stereocenters. The van der Waals surface area contributed by atoms with Crippen LogP contribution in [-0.4, -0.2) is 22.3 Å². The van der Waals surface area contributed by atoms with Crippen molar-refractivity contribution in [2.24, 2.45) is 5.92 Å². The Bertz CT molecular complexity index is 620. The molecule has 0 N–H and O–H groups in total. The van der Waals surface area contributed by atoms with Crippen molar-refractivity contribution in [3.05, 3.63) is 39.4 Å². The van der Waals surface area contributed by atoms with Crippen LogP contribution in [-0.2, 0) is 9.59 Å². The summed E-state index contributed by atoms with van der Waals surface area (Å²) >= 11 is 0. The Hall–Kier alpha value is -2.37. The summed E-state index contributed by atoms with van der Waals surface area (Å²) < 4.78 is 0. The molecule has 1 aliphatic rings. The van der Waals surface area contributed by atoms with Gasteiger partial charge in [0, 0.05) is 12.5 Å². The molecule has 1 aromatic carbocycles. The molecule has 6 heteroatoms. The van der Waals surface area contributed by atoms with E-state index in [4.69, 9.17) is 0 Å². The van der Waals surface area contributed by atoms with Gasteiger partial charge in [-0.05, 0) is 25.0 Å². The minimum absolute atomic E-state index is 0.0618. The highest BCUT2D eigenvalue weighted by Gasteiger charge is 2.35. The second-order valence-electron chi connectivity index (χ2n) is 4.91. The zero-order chi connectivity index (χ0) is 14.9. The molecule has 20 heavy (non-hydrogen) atoms. The zero-order valence-corrected chi connectivity index (χ0v) is 10.9. The molecule has 0 aromatic heterocycles. The fraction of sp³-hybridized carbons (Fsp3) is 0.357. The lowest BCUT2D eigenvalue weighted by Crippen LogP contribution is -2.31. The van der Waals surface area contributed by atoms with E-state index in [9.17, 15) is 24.5 Å². The van der Waals surface area contributed by atoms with E-state index < -0.39 is 22.4 Å². The van der Waals surface area contributed by atoms with Gasteiger partial charge in [-0.15, -0.1) is 0 Å². The van der Waals surface area contributed by atoms with Gasteiger partial charge in [0.1, 0.15) is 5.78 Å². The number of benzene rings is 1. The number of hydrogen-bond acceptors (Lipinski definition) is 5. The molecule has 104 valence electrons. The standard InChI is InChI=1S/C14H13NO5/c1-8-2-4-10(12(6-8)15(19)20)14(18)11-5-3-9(16)7-13(11)17/h2,4,6,11H,3,5,7H2,1H3. The predicted octanol–water partition coefficient (Wildman–Crippen LogP) is 2.02. The van der Waals surface area contributed by atoms with Crippen LogP contribution in [0.1, 0.15) is 35.2 Å². The van der Waals surface area contributed by atoms with E-state index in [1.54, 1.807) is 13.0 Å². The highest BCUT2D eigenvalue weighted by atomic mass is 16.6. The fourth-order valence-electron chi connectivity index (χ4n) is 2.34. The van der Waals surface area contributed by atoms with Gasteiger partial charge in [0.2, 0.25) is 0 Å². The Balaban J connectivity index is 2.36. The van der Waals surface area contributed by atoms with Crippen LogP contribution in [0.4, 0.5) is 5.69 Å². The molecule has 1 unspecified atom stereocenters. The van der Waals surface area contributed by atoms with E-state index in [2.05, 4.69) is 0 Å². The number of carbonyl (C=O) groups excluding carboxylic acids is 3. The van der Waals surface area contributed by atoms with Gasteiger partial charge in [0.25, 0.3) is 5.69 Å². The number of aryl methyl sites for hydroxylation is 1. The molecule has 0 spiro atoms. The average Bonchev–Trinajstić information content (AvgIpc) is 2.37. The molecule has 1 fully saturated rings. The number of nitro groups is 1. The van der Waals surface area contributed by atoms with Gasteiger partial charge in [-0.3, -0.25) is 24.5 Å². The molecular weight excluding hydrogens is 262 g/mol. The summed E-state index contributed by atoms with van der Waals surface area (Å²) in [6, 6.07) is 4.28. The highest BCUT2D eigenvalue weighted by Crippen LogP contribution is 2.28. The summed E-state index contributed by atoms with van der Waals surface area (Å²) in [5.74, 6) is -2.12. The minimum atomic E-state index is -0.936. The van der Waals surface area contributed by atoms with Crippen molar-refractivity contribution >= 4 is 23.0 Å². The number of nitro benzene ring substituents is 1. The third-order valence-corrected chi connectivity index (χ3v) is 3.40. The molecule has 1 aliphatic carbocycles. The molecule has 0 radical (unpaired) electrons. The van der Waals surface area contributed by atoms with E-state index in [1.807, 2.05) is 0 Å². The lowest BCUT2D eigenvalue weighted by molar-refractivity contribution is -0.385. The maximum Gasteiger partial charge on any atom is 0.280 e. The topological polar surface area (TPSA) is 94.3 Å². The Labute approximate surface area is 114 Å². The van der Waals surface area contributed by atoms with Crippen molar-refractivity contribution in [1.29, 1.82) is 0 Å². The van der Waals surface area contributed by atoms with Gasteiger partial charge in [-0.25, -0.2) is 0 Å². The molecule has 1 aromatic rings. The maximum absolute atomic E-state index is 12.3. The highest BCUT2D eigenvalue weighted by molar-refractivity contribution is 6.17. The zero-order valence-electron chi connectivity index (χ0n) is 10.9. The minimum Gasteiger partial charge on any atom is -0.299 e. The third kappa shape index (κ3) is 2.64. The van der Waals surface area contributed by atoms with Crippen LogP contribution >= 0.6 is 0 Å². The summed E-state index contributed by atoms with van der Waals surface area (Å²) in [5, 5.41) is 11.0. The first-order valence-electron chi connectivity index (χ1n) is 6.24. The first kappa shape index (κ1) is 14.0. The SMILES string of the molecule is Cc1ccc(C(=O)C2CCC(=O)CC2=O)c([N+](=O)[O-])c1. The number of hydrogen-bond donors (Lipinski definition) is 0. The van der Waals surface area contributed by atoms with Crippen molar-refractivity contribution < 1.29 is 19.3 Å². The Morgan fingerprint density at radius 1 is 1.35 bits per heavy atom. The molecule has 0 bridgehead atoms. The quantitative estimate of drug-likeness (QED) is 0.364. The summed E-state index contributed by atoms with van der Waals surface area (Å²) in [5.41, 5.74) is 0.311. The summed E-state index contributed by atoms with van der Waals surface area (Å²) in [6.45, 7) is 1.69. The van der Waals surface area contributed by atoms with E-state index in [0.717, 1.165) is 0 Å². The number of rotatable bonds is 3. The van der Waals surface area contributed by atoms with Crippen LogP contribution < -0.4 is 0 Å². The van der Waals surface area contributed by atoms with Gasteiger partial charge in [0.05, 0.1) is 22.8 Å². The molecule has 0 saturated heterocycles. The molecule has 6 nitrogen and oxygen atoms in total. The van der Waals surface area contributed by atoms with Crippen molar-refractivity contribution in [3.63, 3.8) is 0 Å². The van der Waals surface area contributed by atoms with Crippen LogP contribution in [0.3, 0.4) is 0 Å². The summed E-state index contributed by atoms with van der Waals surface area (Å²) in [4.78, 5) is 45.6. The van der Waals surface area contributed by atoms with Crippen LogP contribution in [0.2, 0.25) is 0 Å². The van der Waals surface area contributed by atoms with Crippen LogP contribution in [0.5, 0.6) is 0 Å². The molecule has 2 rings (SSSR count). The lowest BCUT2D eigenvalue weighted by Gasteiger charge is -2.18. The molecular formula is C14H13NO5. The second-order valence-corrected chi connectivity index (χ2v) is 4.91. The monoisotopic (exact) mass is 275 g/mol. The van der Waals surface area contributed by atoms with Gasteiger partial charge >= 0.3 is 0 Å². The summed E-state index contributed by atoms with van der Waals surface area (Å²) in [7, 11) is 0. The molecule has 0 heterocycles. The van der Waals surface area contributed by atoms with Crippen molar-refractivity contribution in [2.75, 3.05) is 0 Å². The molecule has 0 amide bonds. The Kier molecular flexibility index (Phi) is 3.74. The Morgan fingerprint density at radius 3 is 2.65 bits per heavy atom. The van der Waals surface area contributed by atoms with Crippen molar-refractivity contribution in [2.45, 2.75) is 26.2 Å². The first-order valence-corrected chi connectivity index (χ1v) is 6.24. The van der Waals surface area contributed by atoms with Gasteiger partial charge in [-0.1, -0.05) is 6.07 Å². The molecule has 1 saturated carbocycles. The van der Waals surface area contributed by atoms with Crippen LogP contribution in [0, 0.1) is 23.0 Å². The maximum atomic E-state index is 12.3. The second kappa shape index (κ2) is 5.32. The smallest absolute Gasteiger partial charge is 0.280 e. The summed E-state index contributed by atoms with van der Waals surface area (Å²) in [6.07, 6.45) is 0.0550. The average molecular weight is 275 g/mol. The third-order valence-electron chi connectivity index (χ3n) is 3.40. The normalized spacial score (nSPS) is 18.9. The van der Waals surface area contributed by atoms with Crippen molar-refractivity contribution in [3.8, 4) is 0 Å². The first-order chi connectivity index (χ1) is 9.40. The largest absolute Gasteiger partial charge is 0.299 e. The number of Topliss-reactive ketones (excluding diaryl/α,β-unsaturated/α-hetero) is 3. The number of ketones is 3. The Morgan fingerprint density at radius 2 is 2.05 bits per heavy atom. The predicted molar refractivity (Wildman–Crippen MR) is 69.5 cm³/mol. The van der Waals surface area contributed by atoms with Crippen LogP contribution in [0.25, 0.3) is 0 Å². The lowest BCUT2D eigenvalue weighted by atomic mass is 9.82. The number of nitrogens with zero attached hydrogens (tertiary/aromatic N) is 1. The van der Waals surface area contributed by atoms with Gasteiger partial charge in [0.15, 0.2) is 11.6 Å². The van der Waals surface area contributed by atoms with Gasteiger partial charge < -0.3 is 0 Å². The van der Waals surface area contributed by atoms with E-state index in [1.165, 1.54) is 12.1 Å². The van der Waals surface area contributed by atoms with E-state index >= 15 is 0 Å².